The molecular weight excluding hydrogens is 260 g/mol. The van der Waals surface area contributed by atoms with Gasteiger partial charge in [-0.05, 0) is 39.9 Å². The van der Waals surface area contributed by atoms with E-state index in [1.54, 1.807) is 0 Å². The zero-order valence-corrected chi connectivity index (χ0v) is 14.2. The largest absolute Gasteiger partial charge is 0.309 e. The topological polar surface area (TPSA) is 33.1 Å². The highest BCUT2D eigenvalue weighted by Gasteiger charge is 2.42. The molecule has 0 saturated heterocycles. The lowest BCUT2D eigenvalue weighted by Crippen LogP contribution is -2.54. The molecule has 4 nitrogen and oxygen atoms in total. The second kappa shape index (κ2) is 7.41. The smallest absolute Gasteiger partial charge is 0.0538 e. The number of nitrogens with zero attached hydrogens (tertiary/aromatic N) is 3. The quantitative estimate of drug-likeness (QED) is 0.838. The van der Waals surface area contributed by atoms with Crippen LogP contribution >= 0.6 is 0 Å². The number of hydrogen-bond acceptors (Lipinski definition) is 3. The lowest BCUT2D eigenvalue weighted by Gasteiger charge is -2.48. The lowest BCUT2D eigenvalue weighted by atomic mass is 9.73. The summed E-state index contributed by atoms with van der Waals surface area (Å²) in [5.41, 5.74) is 1.58. The minimum Gasteiger partial charge on any atom is -0.309 e. The van der Waals surface area contributed by atoms with Gasteiger partial charge in [0.25, 0.3) is 0 Å². The molecule has 4 heteroatoms. The molecule has 21 heavy (non-hydrogen) atoms. The van der Waals surface area contributed by atoms with Crippen molar-refractivity contribution < 1.29 is 0 Å². The minimum absolute atomic E-state index is 0.230. The summed E-state index contributed by atoms with van der Waals surface area (Å²) < 4.78 is 2.09. The number of hydrogen-bond donors (Lipinski definition) is 1. The van der Waals surface area contributed by atoms with Gasteiger partial charge < -0.3 is 10.2 Å². The predicted molar refractivity (Wildman–Crippen MR) is 88.4 cm³/mol. The molecule has 0 bridgehead atoms. The molecule has 1 unspecified atom stereocenters. The highest BCUT2D eigenvalue weighted by Crippen LogP contribution is 2.41. The number of likely N-dealkylation sites (N-methyl/N-ethyl adjacent to an activating group) is 2. The van der Waals surface area contributed by atoms with E-state index in [9.17, 15) is 0 Å². The summed E-state index contributed by atoms with van der Waals surface area (Å²) in [7, 11) is 4.48. The van der Waals surface area contributed by atoms with Gasteiger partial charge in [-0.25, -0.2) is 0 Å². The first-order chi connectivity index (χ1) is 10.1. The van der Waals surface area contributed by atoms with Gasteiger partial charge in [0.05, 0.1) is 12.2 Å². The zero-order valence-electron chi connectivity index (χ0n) is 14.2. The molecule has 0 radical (unpaired) electrons. The third kappa shape index (κ3) is 3.49. The molecule has 0 spiro atoms. The van der Waals surface area contributed by atoms with Crippen molar-refractivity contribution >= 4 is 0 Å². The van der Waals surface area contributed by atoms with Crippen molar-refractivity contribution in [2.75, 3.05) is 20.6 Å². The van der Waals surface area contributed by atoms with Gasteiger partial charge in [0.1, 0.15) is 0 Å². The maximum atomic E-state index is 4.55. The first-order valence-corrected chi connectivity index (χ1v) is 8.57. The summed E-state index contributed by atoms with van der Waals surface area (Å²) >= 11 is 0. The predicted octanol–water partition coefficient (Wildman–Crippen LogP) is 3.21. The van der Waals surface area contributed by atoms with Crippen LogP contribution in [0.25, 0.3) is 0 Å². The van der Waals surface area contributed by atoms with Gasteiger partial charge in [0, 0.05) is 23.8 Å². The third-order valence-electron chi connectivity index (χ3n) is 4.99. The standard InChI is InChI=1S/C17H32N4/c1-5-12-21-14-15(13-19-21)16(18-6-2)17(20(3)4)10-8-7-9-11-17/h13-14,16,18H,5-12H2,1-4H3. The Morgan fingerprint density at radius 3 is 2.57 bits per heavy atom. The highest BCUT2D eigenvalue weighted by atomic mass is 15.3. The molecule has 1 aromatic rings. The summed E-state index contributed by atoms with van der Waals surface area (Å²) in [5.74, 6) is 0. The van der Waals surface area contributed by atoms with Gasteiger partial charge in [-0.1, -0.05) is 33.1 Å². The molecular formula is C17H32N4. The summed E-state index contributed by atoms with van der Waals surface area (Å²) in [6, 6.07) is 0.378. The first-order valence-electron chi connectivity index (χ1n) is 8.57. The van der Waals surface area contributed by atoms with Gasteiger partial charge in [-0.2, -0.15) is 5.10 Å². The molecule has 1 aromatic heterocycles. The lowest BCUT2D eigenvalue weighted by molar-refractivity contribution is 0.0570. The fraction of sp³-hybridized carbons (Fsp3) is 0.824. The Labute approximate surface area is 129 Å². The summed E-state index contributed by atoms with van der Waals surface area (Å²) in [5, 5.41) is 8.30. The molecule has 1 aliphatic carbocycles. The Kier molecular flexibility index (Phi) is 5.82. The number of nitrogens with one attached hydrogen (secondary N) is 1. The van der Waals surface area contributed by atoms with E-state index in [1.807, 2.05) is 0 Å². The van der Waals surface area contributed by atoms with Crippen LogP contribution in [0.5, 0.6) is 0 Å². The van der Waals surface area contributed by atoms with E-state index in [0.29, 0.717) is 6.04 Å². The SMILES string of the molecule is CCCn1cc(C(NCC)C2(N(C)C)CCCCC2)cn1. The molecule has 0 amide bonds. The van der Waals surface area contributed by atoms with Crippen LogP contribution < -0.4 is 5.32 Å². The Bertz CT molecular complexity index is 418. The monoisotopic (exact) mass is 292 g/mol. The van der Waals surface area contributed by atoms with Gasteiger partial charge in [0.15, 0.2) is 0 Å². The summed E-state index contributed by atoms with van der Waals surface area (Å²) in [6.45, 7) is 6.41. The van der Waals surface area contributed by atoms with Gasteiger partial charge in [0.2, 0.25) is 0 Å². The number of aryl methyl sites for hydroxylation is 1. The number of aromatic nitrogens is 2. The van der Waals surface area contributed by atoms with Crippen LogP contribution in [0.4, 0.5) is 0 Å². The van der Waals surface area contributed by atoms with Crippen LogP contribution in [0, 0.1) is 0 Å². The molecule has 0 aromatic carbocycles. The van der Waals surface area contributed by atoms with Crippen molar-refractivity contribution in [1.82, 2.24) is 20.0 Å². The Morgan fingerprint density at radius 2 is 2.00 bits per heavy atom. The maximum absolute atomic E-state index is 4.55. The van der Waals surface area contributed by atoms with E-state index < -0.39 is 0 Å². The first kappa shape index (κ1) is 16.5. The van der Waals surface area contributed by atoms with E-state index in [0.717, 1.165) is 19.5 Å². The van der Waals surface area contributed by atoms with E-state index in [2.05, 4.69) is 60.3 Å². The van der Waals surface area contributed by atoms with Crippen molar-refractivity contribution in [2.45, 2.75) is 70.5 Å². The van der Waals surface area contributed by atoms with E-state index >= 15 is 0 Å². The molecule has 120 valence electrons. The van der Waals surface area contributed by atoms with E-state index in [-0.39, 0.29) is 5.54 Å². The van der Waals surface area contributed by atoms with Crippen LogP contribution in [0.1, 0.15) is 64.0 Å². The van der Waals surface area contributed by atoms with Crippen LogP contribution in [0.15, 0.2) is 12.4 Å². The molecule has 1 saturated carbocycles. The van der Waals surface area contributed by atoms with Crippen molar-refractivity contribution in [3.05, 3.63) is 18.0 Å². The fourth-order valence-electron chi connectivity index (χ4n) is 3.86. The molecule has 0 aliphatic heterocycles. The maximum Gasteiger partial charge on any atom is 0.0538 e. The summed E-state index contributed by atoms with van der Waals surface area (Å²) in [6.07, 6.45) is 12.1. The van der Waals surface area contributed by atoms with Gasteiger partial charge in [-0.3, -0.25) is 4.68 Å². The van der Waals surface area contributed by atoms with Gasteiger partial charge in [-0.15, -0.1) is 0 Å². The van der Waals surface area contributed by atoms with Crippen molar-refractivity contribution in [1.29, 1.82) is 0 Å². The third-order valence-corrected chi connectivity index (χ3v) is 4.99. The molecule has 1 fully saturated rings. The summed E-state index contributed by atoms with van der Waals surface area (Å²) in [4.78, 5) is 2.46. The normalized spacial score (nSPS) is 19.9. The van der Waals surface area contributed by atoms with Crippen LogP contribution in [-0.4, -0.2) is 40.9 Å². The average Bonchev–Trinajstić information content (AvgIpc) is 2.94. The van der Waals surface area contributed by atoms with Gasteiger partial charge >= 0.3 is 0 Å². The van der Waals surface area contributed by atoms with Crippen molar-refractivity contribution in [3.63, 3.8) is 0 Å². The molecule has 1 aliphatic rings. The average molecular weight is 292 g/mol. The second-order valence-corrected chi connectivity index (χ2v) is 6.59. The van der Waals surface area contributed by atoms with Crippen LogP contribution in [-0.2, 0) is 6.54 Å². The number of rotatable bonds is 7. The fourth-order valence-corrected chi connectivity index (χ4v) is 3.86. The van der Waals surface area contributed by atoms with Crippen molar-refractivity contribution in [3.8, 4) is 0 Å². The van der Waals surface area contributed by atoms with E-state index in [4.69, 9.17) is 0 Å². The highest BCUT2D eigenvalue weighted by molar-refractivity contribution is 5.19. The molecule has 2 rings (SSSR count). The molecule has 1 atom stereocenters. The minimum atomic E-state index is 0.230. The Hall–Kier alpha value is -0.870. The van der Waals surface area contributed by atoms with Crippen LogP contribution in [0.2, 0.25) is 0 Å². The van der Waals surface area contributed by atoms with E-state index in [1.165, 1.54) is 37.7 Å². The molecule has 1 heterocycles. The molecule has 1 N–H and O–H groups in total. The Balaban J connectivity index is 2.30. The Morgan fingerprint density at radius 1 is 1.29 bits per heavy atom. The van der Waals surface area contributed by atoms with Crippen molar-refractivity contribution in [2.24, 2.45) is 0 Å². The second-order valence-electron chi connectivity index (χ2n) is 6.59. The van der Waals surface area contributed by atoms with Crippen LogP contribution in [0.3, 0.4) is 0 Å². The zero-order chi connectivity index (χ0) is 15.3.